The van der Waals surface area contributed by atoms with E-state index < -0.39 is 0 Å². The van der Waals surface area contributed by atoms with Gasteiger partial charge in [-0.15, -0.1) is 21.5 Å². The molecule has 0 atom stereocenters. The average molecular weight is 267 g/mol. The molecule has 0 bridgehead atoms. The highest BCUT2D eigenvalue weighted by Crippen LogP contribution is 2.19. The van der Waals surface area contributed by atoms with Gasteiger partial charge in [0.2, 0.25) is 5.82 Å². The van der Waals surface area contributed by atoms with Gasteiger partial charge >= 0.3 is 0 Å². The Balaban J connectivity index is 1.82. The number of nitriles is 1. The van der Waals surface area contributed by atoms with Gasteiger partial charge in [-0.2, -0.15) is 10.1 Å². The minimum Gasteiger partial charge on any atom is -0.192 e. The van der Waals surface area contributed by atoms with Gasteiger partial charge in [-0.1, -0.05) is 18.2 Å². The fourth-order valence-corrected chi connectivity index (χ4v) is 2.37. The molecule has 0 saturated heterocycles. The molecule has 0 amide bonds. The van der Waals surface area contributed by atoms with E-state index in [4.69, 9.17) is 5.26 Å². The van der Waals surface area contributed by atoms with E-state index in [1.807, 2.05) is 35.7 Å². The summed E-state index contributed by atoms with van der Waals surface area (Å²) in [5.41, 5.74) is 1.62. The molecule has 0 aliphatic heterocycles. The lowest BCUT2D eigenvalue weighted by Gasteiger charge is -1.99. The molecular weight excluding hydrogens is 258 g/mol. The first-order chi connectivity index (χ1) is 9.35. The number of tetrazole rings is 1. The van der Waals surface area contributed by atoms with Crippen LogP contribution in [0.3, 0.4) is 0 Å². The van der Waals surface area contributed by atoms with Crippen LogP contribution in [0, 0.1) is 11.3 Å². The Morgan fingerprint density at radius 3 is 3.00 bits per heavy atom. The maximum atomic E-state index is 8.86. The first kappa shape index (κ1) is 11.6. The summed E-state index contributed by atoms with van der Waals surface area (Å²) in [7, 11) is 0. The third-order valence-electron chi connectivity index (χ3n) is 2.57. The molecule has 6 heteroatoms. The highest BCUT2D eigenvalue weighted by atomic mass is 32.1. The van der Waals surface area contributed by atoms with Crippen molar-refractivity contribution in [2.75, 3.05) is 0 Å². The van der Waals surface area contributed by atoms with Crippen LogP contribution in [0.25, 0.3) is 10.7 Å². The lowest BCUT2D eigenvalue weighted by atomic mass is 10.1. The Hall–Kier alpha value is -2.52. The molecule has 92 valence electrons. The zero-order valence-electron chi connectivity index (χ0n) is 9.89. The summed E-state index contributed by atoms with van der Waals surface area (Å²) < 4.78 is 0. The molecule has 0 saturated carbocycles. The van der Waals surface area contributed by atoms with Crippen LogP contribution < -0.4 is 0 Å². The molecule has 0 N–H and O–H groups in total. The van der Waals surface area contributed by atoms with Crippen LogP contribution in [0.1, 0.15) is 11.1 Å². The van der Waals surface area contributed by atoms with Gasteiger partial charge in [-0.05, 0) is 34.4 Å². The fraction of sp³-hybridized carbons (Fsp3) is 0.0769. The second-order valence-corrected chi connectivity index (χ2v) is 4.88. The molecule has 1 aromatic carbocycles. The summed E-state index contributed by atoms with van der Waals surface area (Å²) in [5, 5.41) is 23.2. The number of hydrogen-bond acceptors (Lipinski definition) is 5. The minimum atomic E-state index is 0.508. The largest absolute Gasteiger partial charge is 0.214 e. The van der Waals surface area contributed by atoms with E-state index in [0.717, 1.165) is 10.4 Å². The average Bonchev–Trinajstić information content (AvgIpc) is 3.09. The van der Waals surface area contributed by atoms with Crippen molar-refractivity contribution in [1.29, 1.82) is 5.26 Å². The Bertz CT molecular complexity index is 724. The highest BCUT2D eigenvalue weighted by Gasteiger charge is 2.07. The number of benzene rings is 1. The Labute approximate surface area is 113 Å². The molecule has 0 unspecified atom stereocenters. The first-order valence-corrected chi connectivity index (χ1v) is 6.54. The Morgan fingerprint density at radius 2 is 2.21 bits per heavy atom. The number of nitrogens with zero attached hydrogens (tertiary/aromatic N) is 5. The van der Waals surface area contributed by atoms with Gasteiger partial charge in [-0.25, -0.2) is 0 Å². The molecule has 0 aliphatic carbocycles. The van der Waals surface area contributed by atoms with Crippen molar-refractivity contribution in [3.05, 3.63) is 52.9 Å². The van der Waals surface area contributed by atoms with E-state index in [1.165, 1.54) is 4.80 Å². The molecule has 5 nitrogen and oxygen atoms in total. The summed E-state index contributed by atoms with van der Waals surface area (Å²) in [6.45, 7) is 0.508. The predicted octanol–water partition coefficient (Wildman–Crippen LogP) is 2.32. The molecule has 2 heterocycles. The lowest BCUT2D eigenvalue weighted by molar-refractivity contribution is 0.573. The molecule has 0 aliphatic rings. The van der Waals surface area contributed by atoms with Gasteiger partial charge in [-0.3, -0.25) is 0 Å². The predicted molar refractivity (Wildman–Crippen MR) is 71.4 cm³/mol. The number of rotatable bonds is 3. The number of hydrogen-bond donors (Lipinski definition) is 0. The zero-order chi connectivity index (χ0) is 13.1. The zero-order valence-corrected chi connectivity index (χ0v) is 10.7. The van der Waals surface area contributed by atoms with E-state index in [0.29, 0.717) is 17.9 Å². The van der Waals surface area contributed by atoms with E-state index in [2.05, 4.69) is 21.5 Å². The van der Waals surface area contributed by atoms with E-state index >= 15 is 0 Å². The van der Waals surface area contributed by atoms with Crippen LogP contribution in [-0.4, -0.2) is 20.2 Å². The number of thiophene rings is 1. The van der Waals surface area contributed by atoms with Crippen molar-refractivity contribution >= 4 is 11.3 Å². The summed E-state index contributed by atoms with van der Waals surface area (Å²) in [4.78, 5) is 2.53. The molecule has 2 aromatic heterocycles. The second-order valence-electron chi connectivity index (χ2n) is 3.93. The summed E-state index contributed by atoms with van der Waals surface area (Å²) in [6, 6.07) is 13.4. The Morgan fingerprint density at radius 1 is 1.26 bits per heavy atom. The normalized spacial score (nSPS) is 10.3. The lowest BCUT2D eigenvalue weighted by Crippen LogP contribution is -2.04. The first-order valence-electron chi connectivity index (χ1n) is 5.66. The molecule has 19 heavy (non-hydrogen) atoms. The third kappa shape index (κ3) is 2.51. The van der Waals surface area contributed by atoms with Crippen LogP contribution in [0.2, 0.25) is 0 Å². The van der Waals surface area contributed by atoms with E-state index in [9.17, 15) is 0 Å². The van der Waals surface area contributed by atoms with Crippen LogP contribution in [0.15, 0.2) is 41.8 Å². The third-order valence-corrected chi connectivity index (χ3v) is 3.44. The molecule has 0 radical (unpaired) electrons. The van der Waals surface area contributed by atoms with Gasteiger partial charge in [0, 0.05) is 0 Å². The van der Waals surface area contributed by atoms with Crippen LogP contribution in [-0.2, 0) is 6.54 Å². The van der Waals surface area contributed by atoms with Crippen molar-refractivity contribution in [3.8, 4) is 16.8 Å². The van der Waals surface area contributed by atoms with Gasteiger partial charge in [0.25, 0.3) is 0 Å². The van der Waals surface area contributed by atoms with Crippen LogP contribution in [0.5, 0.6) is 0 Å². The maximum Gasteiger partial charge on any atom is 0.214 e. The maximum absolute atomic E-state index is 8.86. The summed E-state index contributed by atoms with van der Waals surface area (Å²) >= 11 is 1.58. The standard InChI is InChI=1S/C13H9N5S/c14-8-10-3-1-4-11(7-10)9-18-16-13(15-17-18)12-5-2-6-19-12/h1-7H,9H2. The van der Waals surface area contributed by atoms with Crippen molar-refractivity contribution < 1.29 is 0 Å². The topological polar surface area (TPSA) is 67.4 Å². The Kier molecular flexibility index (Phi) is 3.04. The highest BCUT2D eigenvalue weighted by molar-refractivity contribution is 7.13. The summed E-state index contributed by atoms with van der Waals surface area (Å²) in [6.07, 6.45) is 0. The monoisotopic (exact) mass is 267 g/mol. The fourth-order valence-electron chi connectivity index (χ4n) is 1.72. The molecule has 0 spiro atoms. The van der Waals surface area contributed by atoms with Crippen LogP contribution >= 0.6 is 11.3 Å². The SMILES string of the molecule is N#Cc1cccc(Cn2nnc(-c3cccs3)n2)c1. The molecule has 0 fully saturated rings. The van der Waals surface area contributed by atoms with Crippen LogP contribution in [0.4, 0.5) is 0 Å². The van der Waals surface area contributed by atoms with E-state index in [-0.39, 0.29) is 0 Å². The van der Waals surface area contributed by atoms with Gasteiger partial charge in [0.1, 0.15) is 0 Å². The number of aromatic nitrogens is 4. The molecule has 3 aromatic rings. The quantitative estimate of drug-likeness (QED) is 0.730. The van der Waals surface area contributed by atoms with Gasteiger partial charge in [0.15, 0.2) is 0 Å². The van der Waals surface area contributed by atoms with Crippen molar-refractivity contribution in [1.82, 2.24) is 20.2 Å². The van der Waals surface area contributed by atoms with Crippen molar-refractivity contribution in [2.45, 2.75) is 6.54 Å². The minimum absolute atomic E-state index is 0.508. The van der Waals surface area contributed by atoms with Gasteiger partial charge in [0.05, 0.1) is 23.1 Å². The van der Waals surface area contributed by atoms with Crippen molar-refractivity contribution in [2.24, 2.45) is 0 Å². The summed E-state index contributed by atoms with van der Waals surface area (Å²) in [5.74, 6) is 0.631. The van der Waals surface area contributed by atoms with Crippen molar-refractivity contribution in [3.63, 3.8) is 0 Å². The second kappa shape index (κ2) is 5.00. The van der Waals surface area contributed by atoms with Gasteiger partial charge < -0.3 is 0 Å². The molecular formula is C13H9N5S. The smallest absolute Gasteiger partial charge is 0.192 e. The van der Waals surface area contributed by atoms with E-state index in [1.54, 1.807) is 17.4 Å². The molecule has 3 rings (SSSR count).